The van der Waals surface area contributed by atoms with Gasteiger partial charge in [0.05, 0.1) is 79.3 Å². The number of hydrogen-bond donors (Lipinski definition) is 2. The van der Waals surface area contributed by atoms with Crippen LogP contribution >= 0.6 is 30.0 Å². The Hall–Kier alpha value is 0.360. The molecule has 0 bridgehead atoms. The molecule has 7 aliphatic rings. The lowest BCUT2D eigenvalue weighted by Crippen LogP contribution is -2.46. The van der Waals surface area contributed by atoms with Crippen molar-refractivity contribution in [2.24, 2.45) is 18.1 Å². The summed E-state index contributed by atoms with van der Waals surface area (Å²) in [6, 6.07) is 0. The number of nitrogens with zero attached hydrogens (tertiary/aromatic N) is 10. The molecule has 0 spiro atoms. The van der Waals surface area contributed by atoms with Gasteiger partial charge in [0.1, 0.15) is 0 Å². The zero-order valence-electron chi connectivity index (χ0n) is 30.1. The second-order valence-electron chi connectivity index (χ2n) is 13.0. The highest BCUT2D eigenvalue weighted by molar-refractivity contribution is 7.83. The summed E-state index contributed by atoms with van der Waals surface area (Å²) in [7, 11) is -11.5. The fraction of sp³-hybridized carbons (Fsp3) is 1.00. The lowest BCUT2D eigenvalue weighted by atomic mass is 10.5. The standard InChI is InChI=1S/C28H60N12O6P4/c1-3-29-47(35-5-17-41-18-6-35)31-49(37-9-21-43-22-10-37,38-11-23-44-24-12-38)33-48(30-4-2,36-7-19-42-20-8-36)34-50(32-47,39-13-25-45-26-14-39)40-15-27-46-28-16-40/h29-30H,3-28H2,1-2H3. The summed E-state index contributed by atoms with van der Waals surface area (Å²) in [5, 5.41) is 8.10. The molecule has 0 aromatic rings. The van der Waals surface area contributed by atoms with E-state index >= 15 is 0 Å². The summed E-state index contributed by atoms with van der Waals surface area (Å²) in [6.45, 7) is 22.7. The molecule has 2 unspecified atom stereocenters. The van der Waals surface area contributed by atoms with Crippen LogP contribution in [0.5, 0.6) is 0 Å². The van der Waals surface area contributed by atoms with Crippen LogP contribution in [-0.2, 0) is 28.4 Å². The minimum atomic E-state index is -2.88. The van der Waals surface area contributed by atoms with Crippen LogP contribution in [0.1, 0.15) is 13.8 Å². The molecule has 0 radical (unpaired) electrons. The van der Waals surface area contributed by atoms with Crippen LogP contribution in [0.4, 0.5) is 0 Å². The lowest BCUT2D eigenvalue weighted by molar-refractivity contribution is 0.0562. The van der Waals surface area contributed by atoms with E-state index in [0.29, 0.717) is 79.3 Å². The number of hydrogen-bond acceptors (Lipinski definition) is 18. The molecule has 0 aromatic heterocycles. The normalized spacial score (nSPS) is 34.8. The van der Waals surface area contributed by atoms with Crippen molar-refractivity contribution in [2.75, 3.05) is 171 Å². The van der Waals surface area contributed by atoms with E-state index in [2.05, 4.69) is 52.0 Å². The van der Waals surface area contributed by atoms with Crippen molar-refractivity contribution in [1.82, 2.24) is 38.2 Å². The van der Waals surface area contributed by atoms with Gasteiger partial charge in [0, 0.05) is 91.6 Å². The summed E-state index contributed by atoms with van der Waals surface area (Å²) in [6.07, 6.45) is 0. The minimum Gasteiger partial charge on any atom is -0.379 e. The zero-order valence-corrected chi connectivity index (χ0v) is 33.7. The second kappa shape index (κ2) is 17.9. The zero-order chi connectivity index (χ0) is 34.3. The van der Waals surface area contributed by atoms with Crippen molar-refractivity contribution in [1.29, 1.82) is 0 Å². The molecule has 50 heavy (non-hydrogen) atoms. The van der Waals surface area contributed by atoms with Crippen LogP contribution in [0.2, 0.25) is 0 Å². The number of ether oxygens (including phenoxy) is 6. The molecular formula is C28H60N12O6P4. The van der Waals surface area contributed by atoms with E-state index in [0.717, 1.165) is 91.6 Å². The fourth-order valence-electron chi connectivity index (χ4n) is 7.48. The van der Waals surface area contributed by atoms with E-state index in [4.69, 9.17) is 46.5 Å². The Morgan fingerprint density at radius 3 is 0.800 bits per heavy atom. The molecule has 7 aliphatic heterocycles. The Balaban J connectivity index is 1.62. The van der Waals surface area contributed by atoms with Crippen LogP contribution in [0.15, 0.2) is 18.1 Å². The Morgan fingerprint density at radius 1 is 0.360 bits per heavy atom. The van der Waals surface area contributed by atoms with E-state index in [1.54, 1.807) is 0 Å². The van der Waals surface area contributed by atoms with Gasteiger partial charge in [-0.05, 0) is 0 Å². The first-order chi connectivity index (χ1) is 24.6. The van der Waals surface area contributed by atoms with Crippen LogP contribution in [-0.4, -0.2) is 199 Å². The fourth-order valence-corrected chi connectivity index (χ4v) is 27.3. The lowest BCUT2D eigenvalue weighted by Gasteiger charge is -2.52. The molecule has 0 aliphatic carbocycles. The van der Waals surface area contributed by atoms with E-state index in [1.807, 2.05) is 0 Å². The summed E-state index contributed by atoms with van der Waals surface area (Å²) < 4.78 is 76.9. The molecule has 0 amide bonds. The SMILES string of the molecule is CCNP1(N2CCOCC2)=NP(N2CCOCC2)(N2CCOCC2)=NP(NCC)(N2CCOCC2)=NP(N2CCOCC2)(N2CCOCC2)=N1. The maximum absolute atomic E-state index is 6.39. The highest BCUT2D eigenvalue weighted by atomic mass is 31.3. The van der Waals surface area contributed by atoms with Gasteiger partial charge in [-0.3, -0.25) is 10.2 Å². The van der Waals surface area contributed by atoms with Crippen molar-refractivity contribution in [3.63, 3.8) is 0 Å². The van der Waals surface area contributed by atoms with Crippen molar-refractivity contribution < 1.29 is 28.4 Å². The van der Waals surface area contributed by atoms with Crippen LogP contribution in [0.25, 0.3) is 0 Å². The Morgan fingerprint density at radius 2 is 0.580 bits per heavy atom. The number of rotatable bonds is 10. The quantitative estimate of drug-likeness (QED) is 0.313. The van der Waals surface area contributed by atoms with Crippen molar-refractivity contribution in [2.45, 2.75) is 13.8 Å². The number of morpholine rings is 6. The van der Waals surface area contributed by atoms with Gasteiger partial charge >= 0.3 is 0 Å². The molecule has 0 aromatic carbocycles. The van der Waals surface area contributed by atoms with E-state index in [1.165, 1.54) is 0 Å². The monoisotopic (exact) mass is 784 g/mol. The molecule has 0 saturated carbocycles. The number of nitrogens with one attached hydrogen (secondary N) is 2. The van der Waals surface area contributed by atoms with Gasteiger partial charge in [0.25, 0.3) is 0 Å². The first kappa shape index (κ1) is 38.6. The van der Waals surface area contributed by atoms with E-state index < -0.39 is 30.0 Å². The smallest absolute Gasteiger partial charge is 0.221 e. The molecule has 288 valence electrons. The molecular weight excluding hydrogens is 724 g/mol. The molecule has 18 nitrogen and oxygen atoms in total. The summed E-state index contributed by atoms with van der Waals surface area (Å²) in [4.78, 5) is 0. The molecule has 6 fully saturated rings. The van der Waals surface area contributed by atoms with E-state index in [-0.39, 0.29) is 0 Å². The van der Waals surface area contributed by atoms with Crippen molar-refractivity contribution >= 4 is 30.0 Å². The minimum absolute atomic E-state index is 0.648. The van der Waals surface area contributed by atoms with Gasteiger partial charge in [-0.1, -0.05) is 13.8 Å². The Kier molecular flexibility index (Phi) is 13.8. The highest BCUT2D eigenvalue weighted by Crippen LogP contribution is 2.81. The molecule has 7 rings (SSSR count). The topological polar surface area (TPSA) is 148 Å². The van der Waals surface area contributed by atoms with Gasteiger partial charge in [-0.2, -0.15) is 18.1 Å². The maximum atomic E-state index is 6.39. The van der Waals surface area contributed by atoms with Crippen LogP contribution in [0, 0.1) is 0 Å². The van der Waals surface area contributed by atoms with Crippen molar-refractivity contribution in [3.05, 3.63) is 0 Å². The van der Waals surface area contributed by atoms with Gasteiger partial charge in [-0.15, -0.1) is 0 Å². The van der Waals surface area contributed by atoms with Crippen molar-refractivity contribution in [3.8, 4) is 0 Å². The summed E-state index contributed by atoms with van der Waals surface area (Å²) in [5.74, 6) is 0. The Bertz CT molecular complexity index is 1200. The Labute approximate surface area is 299 Å². The molecule has 7 heterocycles. The largest absolute Gasteiger partial charge is 0.379 e. The van der Waals surface area contributed by atoms with Crippen LogP contribution < -0.4 is 10.2 Å². The second-order valence-corrected chi connectivity index (χ2v) is 24.3. The predicted octanol–water partition coefficient (Wildman–Crippen LogP) is 3.00. The molecule has 22 heteroatoms. The van der Waals surface area contributed by atoms with Gasteiger partial charge < -0.3 is 28.4 Å². The van der Waals surface area contributed by atoms with Gasteiger partial charge in [0.15, 0.2) is 0 Å². The van der Waals surface area contributed by atoms with Gasteiger partial charge in [0.2, 0.25) is 30.0 Å². The molecule has 2 atom stereocenters. The predicted molar refractivity (Wildman–Crippen MR) is 199 cm³/mol. The third kappa shape index (κ3) is 8.01. The van der Waals surface area contributed by atoms with E-state index in [9.17, 15) is 0 Å². The first-order valence-corrected chi connectivity index (χ1v) is 25.1. The average Bonchev–Trinajstić information content (AvgIpc) is 3.19. The van der Waals surface area contributed by atoms with Gasteiger partial charge in [-0.25, -0.2) is 28.0 Å². The highest BCUT2D eigenvalue weighted by Gasteiger charge is 2.50. The summed E-state index contributed by atoms with van der Waals surface area (Å²) in [5.41, 5.74) is 0. The average molecular weight is 785 g/mol. The maximum Gasteiger partial charge on any atom is 0.221 e. The molecule has 2 N–H and O–H groups in total. The third-order valence-electron chi connectivity index (χ3n) is 9.95. The van der Waals surface area contributed by atoms with Crippen LogP contribution in [0.3, 0.4) is 0 Å². The summed E-state index contributed by atoms with van der Waals surface area (Å²) >= 11 is 0. The first-order valence-electron chi connectivity index (χ1n) is 18.6. The third-order valence-corrected chi connectivity index (χ3v) is 26.3. The molecule has 6 saturated heterocycles.